The van der Waals surface area contributed by atoms with E-state index in [1.165, 1.54) is 0 Å². The third-order valence-electron chi connectivity index (χ3n) is 4.40. The number of hydrogen-bond acceptors (Lipinski definition) is 5. The number of aliphatic hydroxyl groups excluding tert-OH is 1. The quantitative estimate of drug-likeness (QED) is 0.775. The molecule has 24 heavy (non-hydrogen) atoms. The lowest BCUT2D eigenvalue weighted by molar-refractivity contribution is -0.138. The second-order valence-electron chi connectivity index (χ2n) is 6.10. The first-order valence-electron chi connectivity index (χ1n) is 7.74. The lowest BCUT2D eigenvalue weighted by Crippen LogP contribution is -2.43. The molecule has 128 valence electrons. The Labute approximate surface area is 138 Å². The Bertz CT molecular complexity index is 759. The molecule has 0 radical (unpaired) electrons. The number of aromatic nitrogens is 2. The molecule has 8 heteroatoms. The van der Waals surface area contributed by atoms with Crippen molar-refractivity contribution in [2.24, 2.45) is 0 Å². The number of aliphatic carboxylic acids is 1. The molecule has 1 amide bonds. The average molecular weight is 332 g/mol. The highest BCUT2D eigenvalue weighted by molar-refractivity contribution is 5.82. The zero-order chi connectivity index (χ0) is 17.3. The van der Waals surface area contributed by atoms with Crippen LogP contribution in [0.1, 0.15) is 0 Å². The summed E-state index contributed by atoms with van der Waals surface area (Å²) >= 11 is 0. The number of nitrogens with zero attached hydrogens (tertiary/aromatic N) is 4. The summed E-state index contributed by atoms with van der Waals surface area (Å²) in [7, 11) is 1.64. The van der Waals surface area contributed by atoms with Crippen LogP contribution in [0.3, 0.4) is 0 Å². The number of carboxylic acid groups (broad SMARTS) is 1. The van der Waals surface area contributed by atoms with Crippen LogP contribution in [0.2, 0.25) is 0 Å². The number of fused-ring (bicyclic) bond motifs is 1. The molecule has 2 aromatic rings. The summed E-state index contributed by atoms with van der Waals surface area (Å²) in [4.78, 5) is 26.4. The summed E-state index contributed by atoms with van der Waals surface area (Å²) in [5, 5.41) is 24.2. The Morgan fingerprint density at radius 3 is 2.83 bits per heavy atom. The maximum atomic E-state index is 12.5. The van der Waals surface area contributed by atoms with E-state index < -0.39 is 12.1 Å². The normalized spacial score (nSPS) is 20.9. The topological polar surface area (TPSA) is 98.9 Å². The van der Waals surface area contributed by atoms with E-state index in [2.05, 4.69) is 5.10 Å². The standard InChI is InChI=1S/C16H20N4O4/c1-18(10-16(23)24)13-7-19(8-14(13)21)15(22)9-20-12-5-3-2-4-11(12)6-17-20/h2-6,13-14,21H,7-10H2,1H3,(H,23,24)/t13-,14+/m0/s1. The van der Waals surface area contributed by atoms with E-state index in [0.717, 1.165) is 10.9 Å². The van der Waals surface area contributed by atoms with E-state index in [1.54, 1.807) is 27.7 Å². The number of carbonyl (C=O) groups excluding carboxylic acids is 1. The van der Waals surface area contributed by atoms with Crippen LogP contribution in [0.4, 0.5) is 0 Å². The van der Waals surface area contributed by atoms with Gasteiger partial charge in [0, 0.05) is 18.5 Å². The Morgan fingerprint density at radius 2 is 2.08 bits per heavy atom. The van der Waals surface area contributed by atoms with Crippen molar-refractivity contribution in [3.8, 4) is 0 Å². The van der Waals surface area contributed by atoms with E-state index in [-0.39, 0.29) is 31.6 Å². The van der Waals surface area contributed by atoms with Crippen molar-refractivity contribution in [2.45, 2.75) is 18.7 Å². The van der Waals surface area contributed by atoms with Crippen molar-refractivity contribution in [1.29, 1.82) is 0 Å². The van der Waals surface area contributed by atoms with Gasteiger partial charge in [-0.25, -0.2) is 0 Å². The molecule has 8 nitrogen and oxygen atoms in total. The van der Waals surface area contributed by atoms with Gasteiger partial charge >= 0.3 is 5.97 Å². The predicted molar refractivity (Wildman–Crippen MR) is 86.4 cm³/mol. The molecular formula is C16H20N4O4. The van der Waals surface area contributed by atoms with Crippen LogP contribution in [0, 0.1) is 0 Å². The molecule has 1 aromatic heterocycles. The molecule has 0 saturated carbocycles. The van der Waals surface area contributed by atoms with Crippen molar-refractivity contribution in [3.63, 3.8) is 0 Å². The molecule has 0 unspecified atom stereocenters. The zero-order valence-electron chi connectivity index (χ0n) is 13.4. The van der Waals surface area contributed by atoms with Gasteiger partial charge in [0.1, 0.15) is 6.54 Å². The fourth-order valence-electron chi connectivity index (χ4n) is 3.12. The minimum Gasteiger partial charge on any atom is -0.480 e. The maximum absolute atomic E-state index is 12.5. The molecule has 2 N–H and O–H groups in total. The van der Waals surface area contributed by atoms with Crippen molar-refractivity contribution < 1.29 is 19.8 Å². The highest BCUT2D eigenvalue weighted by Crippen LogP contribution is 2.17. The van der Waals surface area contributed by atoms with Gasteiger partial charge in [-0.05, 0) is 13.1 Å². The Balaban J connectivity index is 1.67. The highest BCUT2D eigenvalue weighted by atomic mass is 16.4. The van der Waals surface area contributed by atoms with Crippen LogP contribution in [0.15, 0.2) is 30.5 Å². The SMILES string of the molecule is CN(CC(=O)O)[C@H]1CN(C(=O)Cn2ncc3ccccc32)C[C@H]1O. The highest BCUT2D eigenvalue weighted by Gasteiger charge is 2.36. The number of β-amino-alcohol motifs (C(OH)–C–C–N with tert-alkyl or cyclic N) is 1. The summed E-state index contributed by atoms with van der Waals surface area (Å²) in [6.07, 6.45) is 0.956. The van der Waals surface area contributed by atoms with E-state index >= 15 is 0 Å². The number of carbonyl (C=O) groups is 2. The third kappa shape index (κ3) is 3.24. The Kier molecular flexibility index (Phi) is 4.50. The second kappa shape index (κ2) is 6.58. The van der Waals surface area contributed by atoms with Crippen molar-refractivity contribution in [3.05, 3.63) is 30.5 Å². The molecule has 0 bridgehead atoms. The van der Waals surface area contributed by atoms with E-state index in [0.29, 0.717) is 6.54 Å². The largest absolute Gasteiger partial charge is 0.480 e. The van der Waals surface area contributed by atoms with Crippen molar-refractivity contribution >= 4 is 22.8 Å². The number of likely N-dealkylation sites (N-methyl/N-ethyl adjacent to an activating group) is 1. The maximum Gasteiger partial charge on any atom is 0.317 e. The van der Waals surface area contributed by atoms with Gasteiger partial charge in [0.2, 0.25) is 5.91 Å². The molecule has 2 atom stereocenters. The number of likely N-dealkylation sites (tertiary alicyclic amines) is 1. The number of carboxylic acids is 1. The van der Waals surface area contributed by atoms with Gasteiger partial charge in [-0.15, -0.1) is 0 Å². The first kappa shape index (κ1) is 16.4. The molecule has 1 aliphatic rings. The lowest BCUT2D eigenvalue weighted by Gasteiger charge is -2.24. The van der Waals surface area contributed by atoms with Crippen molar-refractivity contribution in [2.75, 3.05) is 26.7 Å². The average Bonchev–Trinajstić information content (AvgIpc) is 3.11. The fraction of sp³-hybridized carbons (Fsp3) is 0.438. The zero-order valence-corrected chi connectivity index (χ0v) is 13.4. The van der Waals surface area contributed by atoms with Crippen LogP contribution in [-0.2, 0) is 16.1 Å². The van der Waals surface area contributed by atoms with Crippen LogP contribution >= 0.6 is 0 Å². The molecule has 1 aromatic carbocycles. The fourth-order valence-corrected chi connectivity index (χ4v) is 3.12. The first-order valence-corrected chi connectivity index (χ1v) is 7.74. The monoisotopic (exact) mass is 332 g/mol. The van der Waals surface area contributed by atoms with Crippen LogP contribution in [0.5, 0.6) is 0 Å². The second-order valence-corrected chi connectivity index (χ2v) is 6.10. The summed E-state index contributed by atoms with van der Waals surface area (Å²) in [5.41, 5.74) is 0.880. The van der Waals surface area contributed by atoms with Crippen molar-refractivity contribution in [1.82, 2.24) is 19.6 Å². The van der Waals surface area contributed by atoms with E-state index in [1.807, 2.05) is 24.3 Å². The molecule has 3 rings (SSSR count). The predicted octanol–water partition coefficient (Wildman–Crippen LogP) is -0.376. The molecule has 1 aliphatic heterocycles. The first-order chi connectivity index (χ1) is 11.5. The number of benzene rings is 1. The van der Waals surface area contributed by atoms with Gasteiger partial charge in [0.05, 0.1) is 30.4 Å². The number of hydrogen-bond donors (Lipinski definition) is 2. The third-order valence-corrected chi connectivity index (χ3v) is 4.40. The molecule has 0 aliphatic carbocycles. The van der Waals surface area contributed by atoms with Crippen LogP contribution in [0.25, 0.3) is 10.9 Å². The molecule has 1 saturated heterocycles. The molecular weight excluding hydrogens is 312 g/mol. The lowest BCUT2D eigenvalue weighted by atomic mass is 10.2. The van der Waals surface area contributed by atoms with Gasteiger partial charge in [-0.2, -0.15) is 5.10 Å². The summed E-state index contributed by atoms with van der Waals surface area (Å²) in [6, 6.07) is 7.26. The molecule has 2 heterocycles. The van der Waals surface area contributed by atoms with Crippen LogP contribution < -0.4 is 0 Å². The Hall–Kier alpha value is -2.45. The Morgan fingerprint density at radius 1 is 1.33 bits per heavy atom. The minimum atomic E-state index is -0.961. The van der Waals surface area contributed by atoms with Gasteiger partial charge in [0.25, 0.3) is 0 Å². The molecule has 0 spiro atoms. The smallest absolute Gasteiger partial charge is 0.317 e. The number of para-hydroxylation sites is 1. The van der Waals surface area contributed by atoms with Gasteiger partial charge in [-0.1, -0.05) is 18.2 Å². The summed E-state index contributed by atoms with van der Waals surface area (Å²) in [6.45, 7) is 0.429. The number of amides is 1. The summed E-state index contributed by atoms with van der Waals surface area (Å²) < 4.78 is 1.64. The minimum absolute atomic E-state index is 0.0929. The number of aliphatic hydroxyl groups is 1. The summed E-state index contributed by atoms with van der Waals surface area (Å²) in [5.74, 6) is -1.10. The molecule has 1 fully saturated rings. The van der Waals surface area contributed by atoms with E-state index in [9.17, 15) is 14.7 Å². The number of rotatable bonds is 5. The van der Waals surface area contributed by atoms with Gasteiger partial charge in [0.15, 0.2) is 0 Å². The van der Waals surface area contributed by atoms with E-state index in [4.69, 9.17) is 5.11 Å². The van der Waals surface area contributed by atoms with Gasteiger partial charge < -0.3 is 15.1 Å². The van der Waals surface area contributed by atoms with Crippen LogP contribution in [-0.4, -0.2) is 80.5 Å². The van der Waals surface area contributed by atoms with Gasteiger partial charge in [-0.3, -0.25) is 19.2 Å².